The van der Waals surface area contributed by atoms with Gasteiger partial charge in [-0.1, -0.05) is 25.4 Å². The molecule has 0 bridgehead atoms. The number of aromatic nitrogens is 1. The highest BCUT2D eigenvalue weighted by atomic mass is 32.1. The zero-order chi connectivity index (χ0) is 14.3. The van der Waals surface area contributed by atoms with Crippen LogP contribution in [0.3, 0.4) is 0 Å². The molecule has 0 saturated carbocycles. The van der Waals surface area contributed by atoms with Crippen LogP contribution in [0.4, 0.5) is 0 Å². The summed E-state index contributed by atoms with van der Waals surface area (Å²) in [6.45, 7) is 7.80. The van der Waals surface area contributed by atoms with E-state index in [1.54, 1.807) is 11.3 Å². The highest BCUT2D eigenvalue weighted by Crippen LogP contribution is 2.23. The molecule has 6 heteroatoms. The Balaban J connectivity index is 2.11. The second-order valence-electron chi connectivity index (χ2n) is 5.39. The first-order chi connectivity index (χ1) is 8.95. The third-order valence-corrected chi connectivity index (χ3v) is 4.12. The first-order valence-electron chi connectivity index (χ1n) is 6.55. The molecule has 4 N–H and O–H groups in total. The van der Waals surface area contributed by atoms with Gasteiger partial charge in [0.25, 0.3) is 0 Å². The van der Waals surface area contributed by atoms with E-state index in [0.29, 0.717) is 5.84 Å². The Hall–Kier alpha value is -1.14. The lowest BCUT2D eigenvalue weighted by Gasteiger charge is -2.22. The van der Waals surface area contributed by atoms with Crippen molar-refractivity contribution in [3.63, 3.8) is 0 Å². The second-order valence-corrected chi connectivity index (χ2v) is 6.33. The van der Waals surface area contributed by atoms with Gasteiger partial charge in [-0.15, -0.1) is 11.3 Å². The predicted molar refractivity (Wildman–Crippen MR) is 79.6 cm³/mol. The molecular formula is C13H24N4OS. The fourth-order valence-electron chi connectivity index (χ4n) is 1.76. The van der Waals surface area contributed by atoms with Crippen molar-refractivity contribution >= 4 is 17.2 Å². The summed E-state index contributed by atoms with van der Waals surface area (Å²) in [5.74, 6) is 0.304. The van der Waals surface area contributed by atoms with Crippen LogP contribution in [0, 0.1) is 12.3 Å². The van der Waals surface area contributed by atoms with E-state index in [2.05, 4.69) is 20.8 Å². The van der Waals surface area contributed by atoms with Crippen molar-refractivity contribution in [1.82, 2.24) is 10.3 Å². The molecule has 1 aromatic rings. The summed E-state index contributed by atoms with van der Waals surface area (Å²) in [4.78, 5) is 4.40. The Bertz CT molecular complexity index is 415. The minimum absolute atomic E-state index is 0.235. The van der Waals surface area contributed by atoms with Crippen LogP contribution in [0.15, 0.2) is 10.5 Å². The minimum Gasteiger partial charge on any atom is -0.409 e. The van der Waals surface area contributed by atoms with Gasteiger partial charge in [-0.25, -0.2) is 4.98 Å². The normalized spacial score (nSPS) is 12.9. The topological polar surface area (TPSA) is 83.5 Å². The van der Waals surface area contributed by atoms with E-state index in [4.69, 9.17) is 10.9 Å². The zero-order valence-electron chi connectivity index (χ0n) is 11.9. The van der Waals surface area contributed by atoms with Crippen LogP contribution >= 0.6 is 11.3 Å². The molecule has 1 heterocycles. The molecule has 0 aliphatic carbocycles. The smallest absolute Gasteiger partial charge is 0.144 e. The van der Waals surface area contributed by atoms with Gasteiger partial charge in [0, 0.05) is 23.0 Å². The molecule has 108 valence electrons. The van der Waals surface area contributed by atoms with Crippen LogP contribution < -0.4 is 11.1 Å². The van der Waals surface area contributed by atoms with E-state index in [1.165, 1.54) is 0 Å². The van der Waals surface area contributed by atoms with Crippen LogP contribution in [-0.4, -0.2) is 22.6 Å². The number of amidine groups is 1. The molecule has 0 atom stereocenters. The first-order valence-corrected chi connectivity index (χ1v) is 7.43. The number of oxime groups is 1. The molecule has 19 heavy (non-hydrogen) atoms. The van der Waals surface area contributed by atoms with E-state index in [9.17, 15) is 0 Å². The summed E-state index contributed by atoms with van der Waals surface area (Å²) in [7, 11) is 0. The van der Waals surface area contributed by atoms with Gasteiger partial charge in [0.05, 0.1) is 0 Å². The zero-order valence-corrected chi connectivity index (χ0v) is 12.8. The van der Waals surface area contributed by atoms with Crippen molar-refractivity contribution in [3.05, 3.63) is 16.1 Å². The number of thiazole rings is 1. The minimum atomic E-state index is -0.235. The molecule has 0 spiro atoms. The molecule has 1 rings (SSSR count). The van der Waals surface area contributed by atoms with Gasteiger partial charge in [0.1, 0.15) is 10.8 Å². The number of nitrogens with two attached hydrogens (primary N) is 1. The quantitative estimate of drug-likeness (QED) is 0.225. The lowest BCUT2D eigenvalue weighted by atomic mass is 9.86. The number of hydrogen-bond acceptors (Lipinski definition) is 5. The first kappa shape index (κ1) is 15.9. The van der Waals surface area contributed by atoms with E-state index < -0.39 is 0 Å². The van der Waals surface area contributed by atoms with E-state index >= 15 is 0 Å². The number of aryl methyl sites for hydroxylation is 1. The Morgan fingerprint density at radius 1 is 1.53 bits per heavy atom. The van der Waals surface area contributed by atoms with Gasteiger partial charge in [0.2, 0.25) is 0 Å². The molecule has 1 aromatic heterocycles. The Morgan fingerprint density at radius 3 is 2.84 bits per heavy atom. The van der Waals surface area contributed by atoms with Gasteiger partial charge in [-0.05, 0) is 26.3 Å². The molecule has 0 unspecified atom stereocenters. The number of rotatable bonds is 8. The summed E-state index contributed by atoms with van der Waals surface area (Å²) >= 11 is 1.69. The van der Waals surface area contributed by atoms with E-state index in [0.717, 1.165) is 43.1 Å². The lowest BCUT2D eigenvalue weighted by molar-refractivity contribution is 0.304. The molecule has 0 amide bonds. The van der Waals surface area contributed by atoms with Gasteiger partial charge >= 0.3 is 0 Å². The van der Waals surface area contributed by atoms with Crippen LogP contribution in [-0.2, 0) is 6.54 Å². The molecular weight excluding hydrogens is 260 g/mol. The largest absolute Gasteiger partial charge is 0.409 e. The molecule has 0 radical (unpaired) electrons. The average Bonchev–Trinajstić information content (AvgIpc) is 2.78. The Morgan fingerprint density at radius 2 is 2.26 bits per heavy atom. The number of unbranched alkanes of at least 4 members (excludes halogenated alkanes) is 1. The molecule has 5 nitrogen and oxygen atoms in total. The van der Waals surface area contributed by atoms with Crippen molar-refractivity contribution in [2.45, 2.75) is 46.6 Å². The number of nitrogens with one attached hydrogen (secondary N) is 1. The standard InChI is InChI=1S/C13H24N4OS/c1-10-9-19-11(16-10)8-15-7-5-4-6-13(2,3)12(14)17-18/h9,15,18H,4-8H2,1-3H3,(H2,14,17). The molecule has 0 aliphatic rings. The van der Waals surface area contributed by atoms with E-state index in [-0.39, 0.29) is 5.41 Å². The molecule has 0 saturated heterocycles. The number of hydrogen-bond donors (Lipinski definition) is 3. The maximum Gasteiger partial charge on any atom is 0.144 e. The van der Waals surface area contributed by atoms with Crippen LogP contribution in [0.1, 0.15) is 43.8 Å². The Labute approximate surface area is 118 Å². The highest BCUT2D eigenvalue weighted by Gasteiger charge is 2.22. The summed E-state index contributed by atoms with van der Waals surface area (Å²) in [5, 5.41) is 18.4. The van der Waals surface area contributed by atoms with Crippen LogP contribution in [0.25, 0.3) is 0 Å². The summed E-state index contributed by atoms with van der Waals surface area (Å²) in [6.07, 6.45) is 3.04. The van der Waals surface area contributed by atoms with Gasteiger partial charge in [0.15, 0.2) is 0 Å². The lowest BCUT2D eigenvalue weighted by Crippen LogP contribution is -2.32. The van der Waals surface area contributed by atoms with Crippen molar-refractivity contribution in [1.29, 1.82) is 0 Å². The van der Waals surface area contributed by atoms with Crippen molar-refractivity contribution in [2.24, 2.45) is 16.3 Å². The molecule has 0 aliphatic heterocycles. The monoisotopic (exact) mass is 284 g/mol. The van der Waals surface area contributed by atoms with Crippen molar-refractivity contribution in [3.8, 4) is 0 Å². The SMILES string of the molecule is Cc1csc(CNCCCCC(C)(C)C(N)=NO)n1. The fourth-order valence-corrected chi connectivity index (χ4v) is 2.50. The second kappa shape index (κ2) is 7.45. The average molecular weight is 284 g/mol. The number of nitrogens with zero attached hydrogens (tertiary/aromatic N) is 2. The van der Waals surface area contributed by atoms with Gasteiger partial charge in [-0.2, -0.15) is 0 Å². The fraction of sp³-hybridized carbons (Fsp3) is 0.692. The molecule has 0 fully saturated rings. The Kier molecular flexibility index (Phi) is 6.24. The summed E-state index contributed by atoms with van der Waals surface area (Å²) in [6, 6.07) is 0. The third kappa shape index (κ3) is 5.57. The molecule has 0 aromatic carbocycles. The van der Waals surface area contributed by atoms with E-state index in [1.807, 2.05) is 20.8 Å². The summed E-state index contributed by atoms with van der Waals surface area (Å²) in [5.41, 5.74) is 6.50. The van der Waals surface area contributed by atoms with Crippen molar-refractivity contribution < 1.29 is 5.21 Å². The highest BCUT2D eigenvalue weighted by molar-refractivity contribution is 7.09. The van der Waals surface area contributed by atoms with Crippen LogP contribution in [0.2, 0.25) is 0 Å². The van der Waals surface area contributed by atoms with Gasteiger partial charge in [-0.3, -0.25) is 0 Å². The van der Waals surface area contributed by atoms with Gasteiger partial charge < -0.3 is 16.3 Å². The van der Waals surface area contributed by atoms with Crippen LogP contribution in [0.5, 0.6) is 0 Å². The van der Waals surface area contributed by atoms with Crippen molar-refractivity contribution in [2.75, 3.05) is 6.54 Å². The maximum absolute atomic E-state index is 8.68. The summed E-state index contributed by atoms with van der Waals surface area (Å²) < 4.78 is 0. The predicted octanol–water partition coefficient (Wildman–Crippen LogP) is 2.48. The maximum atomic E-state index is 8.68. The third-order valence-electron chi connectivity index (χ3n) is 3.15.